The first kappa shape index (κ1) is 12.4. The minimum atomic E-state index is -0.558. The molecule has 1 aromatic heterocycles. The van der Waals surface area contributed by atoms with Crippen molar-refractivity contribution in [1.82, 2.24) is 0 Å². The van der Waals surface area contributed by atoms with Gasteiger partial charge in [-0.3, -0.25) is 0 Å². The van der Waals surface area contributed by atoms with Crippen LogP contribution in [-0.2, 0) is 11.2 Å². The Kier molecular flexibility index (Phi) is 3.46. The summed E-state index contributed by atoms with van der Waals surface area (Å²) in [6.07, 6.45) is 2.25. The highest BCUT2D eigenvalue weighted by Gasteiger charge is 2.13. The van der Waals surface area contributed by atoms with E-state index in [1.54, 1.807) is 18.4 Å². The van der Waals surface area contributed by atoms with Crippen LogP contribution in [0, 0.1) is 5.82 Å². The Bertz CT molecular complexity index is 572. The Labute approximate surface area is 104 Å². The van der Waals surface area contributed by atoms with Crippen LogP contribution in [0.1, 0.15) is 23.0 Å². The van der Waals surface area contributed by atoms with Crippen LogP contribution in [0.2, 0.25) is 0 Å². The fourth-order valence-electron chi connectivity index (χ4n) is 1.85. The van der Waals surface area contributed by atoms with Crippen molar-refractivity contribution < 1.29 is 18.3 Å². The first-order valence-corrected chi connectivity index (χ1v) is 5.61. The molecule has 0 N–H and O–H groups in total. The van der Waals surface area contributed by atoms with E-state index in [0.717, 1.165) is 17.4 Å². The van der Waals surface area contributed by atoms with Crippen LogP contribution in [0.3, 0.4) is 0 Å². The number of esters is 1. The van der Waals surface area contributed by atoms with Gasteiger partial charge in [0.05, 0.1) is 18.9 Å². The molecular formula is C14H13FO3. The van der Waals surface area contributed by atoms with E-state index in [9.17, 15) is 9.18 Å². The number of rotatable bonds is 3. The molecule has 0 spiro atoms. The second kappa shape index (κ2) is 5.04. The van der Waals surface area contributed by atoms with Gasteiger partial charge in [-0.2, -0.15) is 0 Å². The Morgan fingerprint density at radius 3 is 2.83 bits per heavy atom. The predicted molar refractivity (Wildman–Crippen MR) is 64.8 cm³/mol. The molecule has 0 radical (unpaired) electrons. The summed E-state index contributed by atoms with van der Waals surface area (Å²) in [7, 11) is 1.27. The Balaban J connectivity index is 2.51. The molecule has 0 aliphatic rings. The number of ether oxygens (including phenoxy) is 1. The lowest BCUT2D eigenvalue weighted by Crippen LogP contribution is -2.02. The number of halogens is 1. The van der Waals surface area contributed by atoms with Gasteiger partial charge in [0.2, 0.25) is 0 Å². The summed E-state index contributed by atoms with van der Waals surface area (Å²) in [5.74, 6) is -0.273. The average Bonchev–Trinajstić information content (AvgIpc) is 2.85. The predicted octanol–water partition coefficient (Wildman–Crippen LogP) is 3.43. The molecule has 3 nitrogen and oxygen atoms in total. The number of carbonyl (C=O) groups is 1. The van der Waals surface area contributed by atoms with E-state index < -0.39 is 11.8 Å². The van der Waals surface area contributed by atoms with Gasteiger partial charge in [-0.05, 0) is 29.8 Å². The lowest BCUT2D eigenvalue weighted by Gasteiger charge is -2.05. The summed E-state index contributed by atoms with van der Waals surface area (Å²) in [5.41, 5.74) is 1.60. The topological polar surface area (TPSA) is 39.4 Å². The number of benzene rings is 1. The third-order valence-corrected chi connectivity index (χ3v) is 2.70. The molecule has 0 saturated carbocycles. The van der Waals surface area contributed by atoms with Gasteiger partial charge in [0.25, 0.3) is 0 Å². The smallest absolute Gasteiger partial charge is 0.337 e. The van der Waals surface area contributed by atoms with E-state index in [4.69, 9.17) is 4.42 Å². The molecule has 0 aliphatic carbocycles. The summed E-state index contributed by atoms with van der Waals surface area (Å²) >= 11 is 0. The van der Waals surface area contributed by atoms with Crippen LogP contribution < -0.4 is 0 Å². The maximum atomic E-state index is 13.5. The normalized spacial score (nSPS) is 10.4. The van der Waals surface area contributed by atoms with Gasteiger partial charge in [-0.15, -0.1) is 0 Å². The highest BCUT2D eigenvalue weighted by atomic mass is 19.1. The van der Waals surface area contributed by atoms with Crippen LogP contribution in [0.5, 0.6) is 0 Å². The molecule has 94 valence electrons. The molecule has 1 heterocycles. The molecule has 0 saturated heterocycles. The van der Waals surface area contributed by atoms with E-state index in [-0.39, 0.29) is 5.56 Å². The lowest BCUT2D eigenvalue weighted by atomic mass is 10.0. The molecule has 0 atom stereocenters. The van der Waals surface area contributed by atoms with E-state index in [2.05, 4.69) is 4.74 Å². The highest BCUT2D eigenvalue weighted by molar-refractivity contribution is 5.91. The van der Waals surface area contributed by atoms with Gasteiger partial charge in [-0.1, -0.05) is 6.92 Å². The van der Waals surface area contributed by atoms with Gasteiger partial charge in [0.1, 0.15) is 11.6 Å². The molecule has 18 heavy (non-hydrogen) atoms. The van der Waals surface area contributed by atoms with Crippen molar-refractivity contribution in [3.05, 3.63) is 47.7 Å². The molecule has 1 aromatic carbocycles. The summed E-state index contributed by atoms with van der Waals surface area (Å²) in [6, 6.07) is 5.88. The maximum Gasteiger partial charge on any atom is 0.337 e. The summed E-state index contributed by atoms with van der Waals surface area (Å²) in [5, 5.41) is 0. The van der Waals surface area contributed by atoms with Crippen LogP contribution in [0.25, 0.3) is 11.1 Å². The fraction of sp³-hybridized carbons (Fsp3) is 0.214. The van der Waals surface area contributed by atoms with Crippen LogP contribution in [-0.4, -0.2) is 13.1 Å². The van der Waals surface area contributed by atoms with Gasteiger partial charge in [0.15, 0.2) is 0 Å². The van der Waals surface area contributed by atoms with Crippen LogP contribution in [0.15, 0.2) is 34.9 Å². The number of aryl methyl sites for hydroxylation is 1. The second-order valence-corrected chi connectivity index (χ2v) is 3.83. The Morgan fingerprint density at radius 2 is 2.17 bits per heavy atom. The van der Waals surface area contributed by atoms with E-state index in [1.165, 1.54) is 13.2 Å². The molecule has 0 unspecified atom stereocenters. The SMILES string of the molecule is CCc1occc1-c1cc(F)cc(C(=O)OC)c1. The molecule has 2 aromatic rings. The zero-order valence-corrected chi connectivity index (χ0v) is 10.2. The second-order valence-electron chi connectivity index (χ2n) is 3.83. The molecule has 0 aliphatic heterocycles. The zero-order chi connectivity index (χ0) is 13.1. The first-order chi connectivity index (χ1) is 8.65. The van der Waals surface area contributed by atoms with Crippen molar-refractivity contribution >= 4 is 5.97 Å². The number of methoxy groups -OCH3 is 1. The molecule has 0 fully saturated rings. The summed E-state index contributed by atoms with van der Waals surface area (Å²) in [6.45, 7) is 1.95. The fourth-order valence-corrected chi connectivity index (χ4v) is 1.85. The first-order valence-electron chi connectivity index (χ1n) is 5.61. The standard InChI is InChI=1S/C14H13FO3/c1-3-13-12(4-5-18-13)9-6-10(14(16)17-2)8-11(15)7-9/h4-8H,3H2,1-2H3. The van der Waals surface area contributed by atoms with Crippen LogP contribution >= 0.6 is 0 Å². The minimum absolute atomic E-state index is 0.191. The van der Waals surface area contributed by atoms with Crippen molar-refractivity contribution in [2.75, 3.05) is 7.11 Å². The number of furan rings is 1. The Hall–Kier alpha value is -2.10. The summed E-state index contributed by atoms with van der Waals surface area (Å²) < 4.78 is 23.4. The Morgan fingerprint density at radius 1 is 1.39 bits per heavy atom. The van der Waals surface area contributed by atoms with E-state index in [1.807, 2.05) is 6.92 Å². The number of hydrogen-bond donors (Lipinski definition) is 0. The number of hydrogen-bond acceptors (Lipinski definition) is 3. The summed E-state index contributed by atoms with van der Waals surface area (Å²) in [4.78, 5) is 11.4. The van der Waals surface area contributed by atoms with E-state index in [0.29, 0.717) is 12.0 Å². The van der Waals surface area contributed by atoms with Gasteiger partial charge >= 0.3 is 5.97 Å². The molecular weight excluding hydrogens is 235 g/mol. The van der Waals surface area contributed by atoms with Gasteiger partial charge in [0, 0.05) is 12.0 Å². The van der Waals surface area contributed by atoms with Crippen molar-refractivity contribution in [1.29, 1.82) is 0 Å². The van der Waals surface area contributed by atoms with Crippen molar-refractivity contribution in [3.8, 4) is 11.1 Å². The number of carbonyl (C=O) groups excluding carboxylic acids is 1. The maximum absolute atomic E-state index is 13.5. The van der Waals surface area contributed by atoms with Gasteiger partial charge < -0.3 is 9.15 Å². The average molecular weight is 248 g/mol. The molecule has 0 bridgehead atoms. The molecule has 0 amide bonds. The van der Waals surface area contributed by atoms with E-state index >= 15 is 0 Å². The third-order valence-electron chi connectivity index (χ3n) is 2.70. The highest BCUT2D eigenvalue weighted by Crippen LogP contribution is 2.27. The quantitative estimate of drug-likeness (QED) is 0.781. The van der Waals surface area contributed by atoms with Crippen molar-refractivity contribution in [2.24, 2.45) is 0 Å². The zero-order valence-electron chi connectivity index (χ0n) is 10.2. The van der Waals surface area contributed by atoms with Crippen LogP contribution in [0.4, 0.5) is 4.39 Å². The van der Waals surface area contributed by atoms with Crippen molar-refractivity contribution in [3.63, 3.8) is 0 Å². The van der Waals surface area contributed by atoms with Crippen molar-refractivity contribution in [2.45, 2.75) is 13.3 Å². The minimum Gasteiger partial charge on any atom is -0.469 e. The third kappa shape index (κ3) is 2.27. The lowest BCUT2D eigenvalue weighted by molar-refractivity contribution is 0.0600. The molecule has 4 heteroatoms. The largest absolute Gasteiger partial charge is 0.469 e. The van der Waals surface area contributed by atoms with Gasteiger partial charge in [-0.25, -0.2) is 9.18 Å². The molecule has 2 rings (SSSR count). The monoisotopic (exact) mass is 248 g/mol.